The normalized spacial score (nSPS) is 11.3. The number of oxazole rings is 1. The van der Waals surface area contributed by atoms with Gasteiger partial charge in [0.2, 0.25) is 5.91 Å². The molecule has 1 N–H and O–H groups in total. The number of anilines is 1. The second-order valence-electron chi connectivity index (χ2n) is 7.33. The lowest BCUT2D eigenvalue weighted by atomic mass is 9.86. The van der Waals surface area contributed by atoms with Crippen molar-refractivity contribution < 1.29 is 9.21 Å². The van der Waals surface area contributed by atoms with Crippen molar-refractivity contribution in [3.05, 3.63) is 72.2 Å². The summed E-state index contributed by atoms with van der Waals surface area (Å²) in [5.41, 5.74) is 2.94. The number of hydrogen-bond acceptors (Lipinski definition) is 3. The summed E-state index contributed by atoms with van der Waals surface area (Å²) in [4.78, 5) is 16.6. The van der Waals surface area contributed by atoms with Gasteiger partial charge in [-0.2, -0.15) is 0 Å². The third-order valence-corrected chi connectivity index (χ3v) is 4.19. The highest BCUT2D eigenvalue weighted by molar-refractivity contribution is 5.91. The lowest BCUT2D eigenvalue weighted by Gasteiger charge is -2.22. The number of rotatable bonds is 5. The number of aromatic nitrogens is 1. The van der Waals surface area contributed by atoms with Crippen LogP contribution in [0.3, 0.4) is 0 Å². The Labute approximate surface area is 154 Å². The zero-order valence-electron chi connectivity index (χ0n) is 15.5. The molecule has 0 aliphatic carbocycles. The maximum atomic E-state index is 12.4. The summed E-state index contributed by atoms with van der Waals surface area (Å²) in [5, 5.41) is 3.02. The quantitative estimate of drug-likeness (QED) is 0.688. The first-order valence-electron chi connectivity index (χ1n) is 8.83. The van der Waals surface area contributed by atoms with E-state index in [0.29, 0.717) is 18.7 Å². The lowest BCUT2D eigenvalue weighted by Crippen LogP contribution is -2.18. The number of carbonyl (C=O) groups excluding carboxylic acids is 1. The maximum absolute atomic E-state index is 12.4. The molecule has 26 heavy (non-hydrogen) atoms. The number of amides is 1. The highest BCUT2D eigenvalue weighted by Gasteiger charge is 2.18. The first-order chi connectivity index (χ1) is 12.4. The van der Waals surface area contributed by atoms with Gasteiger partial charge < -0.3 is 9.73 Å². The van der Waals surface area contributed by atoms with Gasteiger partial charge in [-0.05, 0) is 17.0 Å². The van der Waals surface area contributed by atoms with Crippen molar-refractivity contribution in [2.75, 3.05) is 5.32 Å². The van der Waals surface area contributed by atoms with Gasteiger partial charge in [-0.3, -0.25) is 4.79 Å². The number of para-hydroxylation sites is 1. The summed E-state index contributed by atoms with van der Waals surface area (Å²) in [6.07, 6.45) is 2.50. The second-order valence-corrected chi connectivity index (χ2v) is 7.33. The summed E-state index contributed by atoms with van der Waals surface area (Å²) < 4.78 is 5.76. The minimum absolute atomic E-state index is 0.0307. The van der Waals surface area contributed by atoms with Crippen molar-refractivity contribution in [2.45, 2.75) is 39.0 Å². The van der Waals surface area contributed by atoms with Gasteiger partial charge in [-0.1, -0.05) is 69.3 Å². The Bertz CT molecular complexity index is 876. The molecule has 1 heterocycles. The van der Waals surface area contributed by atoms with Crippen molar-refractivity contribution >= 4 is 11.6 Å². The molecule has 2 aromatic carbocycles. The summed E-state index contributed by atoms with van der Waals surface area (Å²) in [5.74, 6) is 1.25. The van der Waals surface area contributed by atoms with Crippen molar-refractivity contribution in [1.82, 2.24) is 4.98 Å². The molecule has 4 heteroatoms. The van der Waals surface area contributed by atoms with Gasteiger partial charge in [0.25, 0.3) is 0 Å². The average Bonchev–Trinajstić information content (AvgIpc) is 3.09. The van der Waals surface area contributed by atoms with E-state index in [9.17, 15) is 4.79 Å². The van der Waals surface area contributed by atoms with Crippen molar-refractivity contribution in [3.63, 3.8) is 0 Å². The fraction of sp³-hybridized carbons (Fsp3) is 0.273. The predicted molar refractivity (Wildman–Crippen MR) is 104 cm³/mol. The third-order valence-electron chi connectivity index (χ3n) is 4.19. The van der Waals surface area contributed by atoms with Crippen LogP contribution >= 0.6 is 0 Å². The van der Waals surface area contributed by atoms with E-state index in [0.717, 1.165) is 22.6 Å². The molecule has 3 aromatic rings. The van der Waals surface area contributed by atoms with E-state index >= 15 is 0 Å². The molecule has 4 nitrogen and oxygen atoms in total. The van der Waals surface area contributed by atoms with Crippen LogP contribution < -0.4 is 5.32 Å². The van der Waals surface area contributed by atoms with Gasteiger partial charge in [0.1, 0.15) is 0 Å². The standard InChI is InChI=1S/C22H24N2O2/c1-22(2,3)17-11-7-8-12-18(17)24-20(25)13-14-21-23-15-19(26-21)16-9-5-4-6-10-16/h4-12,15H,13-14H2,1-3H3,(H,24,25). The first kappa shape index (κ1) is 17.9. The molecule has 0 aliphatic heterocycles. The van der Waals surface area contributed by atoms with Gasteiger partial charge in [0.05, 0.1) is 6.20 Å². The van der Waals surface area contributed by atoms with Crippen LogP contribution in [0.1, 0.15) is 38.6 Å². The number of hydrogen-bond donors (Lipinski definition) is 1. The van der Waals surface area contributed by atoms with Gasteiger partial charge in [0.15, 0.2) is 11.7 Å². The Kier molecular flexibility index (Phi) is 5.21. The fourth-order valence-corrected chi connectivity index (χ4v) is 2.84. The molecular formula is C22H24N2O2. The van der Waals surface area contributed by atoms with Gasteiger partial charge in [-0.15, -0.1) is 0 Å². The van der Waals surface area contributed by atoms with Crippen molar-refractivity contribution in [1.29, 1.82) is 0 Å². The fourth-order valence-electron chi connectivity index (χ4n) is 2.84. The molecule has 0 fully saturated rings. The number of nitrogens with zero attached hydrogens (tertiary/aromatic N) is 1. The number of nitrogens with one attached hydrogen (secondary N) is 1. The summed E-state index contributed by atoms with van der Waals surface area (Å²) >= 11 is 0. The topological polar surface area (TPSA) is 55.1 Å². The zero-order chi connectivity index (χ0) is 18.6. The van der Waals surface area contributed by atoms with Crippen LogP contribution in [0.5, 0.6) is 0 Å². The summed E-state index contributed by atoms with van der Waals surface area (Å²) in [6, 6.07) is 17.7. The van der Waals surface area contributed by atoms with E-state index < -0.39 is 0 Å². The molecule has 0 atom stereocenters. The van der Waals surface area contributed by atoms with Crippen LogP contribution in [-0.4, -0.2) is 10.9 Å². The Hall–Kier alpha value is -2.88. The minimum Gasteiger partial charge on any atom is -0.441 e. The van der Waals surface area contributed by atoms with E-state index in [1.54, 1.807) is 6.20 Å². The molecule has 3 rings (SSSR count). The van der Waals surface area contributed by atoms with Crippen LogP contribution in [0.2, 0.25) is 0 Å². The van der Waals surface area contributed by atoms with E-state index in [1.165, 1.54) is 0 Å². The summed E-state index contributed by atoms with van der Waals surface area (Å²) in [6.45, 7) is 6.40. The lowest BCUT2D eigenvalue weighted by molar-refractivity contribution is -0.116. The molecule has 134 valence electrons. The van der Waals surface area contributed by atoms with Crippen LogP contribution in [0, 0.1) is 0 Å². The van der Waals surface area contributed by atoms with Crippen LogP contribution in [0.4, 0.5) is 5.69 Å². The van der Waals surface area contributed by atoms with Crippen molar-refractivity contribution in [2.24, 2.45) is 0 Å². The number of carbonyl (C=O) groups is 1. The smallest absolute Gasteiger partial charge is 0.224 e. The number of benzene rings is 2. The second kappa shape index (κ2) is 7.56. The molecule has 1 aromatic heterocycles. The van der Waals surface area contributed by atoms with Gasteiger partial charge >= 0.3 is 0 Å². The minimum atomic E-state index is -0.0406. The molecular weight excluding hydrogens is 324 g/mol. The molecule has 0 unspecified atom stereocenters. The van der Waals surface area contributed by atoms with Crippen LogP contribution in [0.25, 0.3) is 11.3 Å². The van der Waals surface area contributed by atoms with Crippen LogP contribution in [-0.2, 0) is 16.6 Å². The van der Waals surface area contributed by atoms with Gasteiger partial charge in [-0.25, -0.2) is 4.98 Å². The highest BCUT2D eigenvalue weighted by atomic mass is 16.4. The average molecular weight is 348 g/mol. The Morgan fingerprint density at radius 1 is 1.04 bits per heavy atom. The molecule has 0 saturated carbocycles. The molecule has 1 amide bonds. The van der Waals surface area contributed by atoms with E-state index in [1.807, 2.05) is 48.5 Å². The molecule has 0 aliphatic rings. The third kappa shape index (κ3) is 4.39. The highest BCUT2D eigenvalue weighted by Crippen LogP contribution is 2.29. The molecule has 0 bridgehead atoms. The first-order valence-corrected chi connectivity index (χ1v) is 8.83. The van der Waals surface area contributed by atoms with E-state index in [-0.39, 0.29) is 11.3 Å². The largest absolute Gasteiger partial charge is 0.441 e. The zero-order valence-corrected chi connectivity index (χ0v) is 15.5. The molecule has 0 spiro atoms. The van der Waals surface area contributed by atoms with Gasteiger partial charge in [0, 0.05) is 24.1 Å². The van der Waals surface area contributed by atoms with Crippen LogP contribution in [0.15, 0.2) is 65.2 Å². The van der Waals surface area contributed by atoms with E-state index in [2.05, 4.69) is 37.1 Å². The number of aryl methyl sites for hydroxylation is 1. The SMILES string of the molecule is CC(C)(C)c1ccccc1NC(=O)CCc1ncc(-c2ccccc2)o1. The Morgan fingerprint density at radius 3 is 2.46 bits per heavy atom. The Morgan fingerprint density at radius 2 is 1.73 bits per heavy atom. The molecule has 0 saturated heterocycles. The monoisotopic (exact) mass is 348 g/mol. The summed E-state index contributed by atoms with van der Waals surface area (Å²) in [7, 11) is 0. The Balaban J connectivity index is 1.61. The van der Waals surface area contributed by atoms with E-state index in [4.69, 9.17) is 4.42 Å². The maximum Gasteiger partial charge on any atom is 0.224 e. The predicted octanol–water partition coefficient (Wildman–Crippen LogP) is 5.21. The van der Waals surface area contributed by atoms with Crippen molar-refractivity contribution in [3.8, 4) is 11.3 Å². The molecule has 0 radical (unpaired) electrons.